The highest BCUT2D eigenvalue weighted by Gasteiger charge is 2.21. The van der Waals surface area contributed by atoms with Crippen molar-refractivity contribution in [2.45, 2.75) is 31.7 Å². The van der Waals surface area contributed by atoms with E-state index >= 15 is 0 Å². The molecule has 3 rings (SSSR count). The number of aromatic nitrogens is 3. The van der Waals surface area contributed by atoms with E-state index in [0.717, 1.165) is 23.9 Å². The summed E-state index contributed by atoms with van der Waals surface area (Å²) in [5.41, 5.74) is -0.0817. The Hall–Kier alpha value is -3.25. The standard InChI is InChI=1S/C20H18ClF2N5O4S/c1-3-27-19(11(2)32-17-7-4-12(22)8-15(17)23)25-26-20(27)33-10-18(29)24-16-9-13(28(30)31)5-6-14(16)21/h4-9,11H,3,10H2,1-2H3,(H,24,29). The molecular formula is C20H18ClF2N5O4S. The number of nitro groups is 1. The molecule has 1 amide bonds. The average molecular weight is 498 g/mol. The number of non-ortho nitro benzene ring substituents is 1. The van der Waals surface area contributed by atoms with Crippen molar-refractivity contribution >= 4 is 40.6 Å². The molecule has 0 aliphatic heterocycles. The third-order valence-corrected chi connectivity index (χ3v) is 5.69. The first-order valence-electron chi connectivity index (χ1n) is 9.61. The highest BCUT2D eigenvalue weighted by Crippen LogP contribution is 2.28. The van der Waals surface area contributed by atoms with E-state index in [1.54, 1.807) is 11.5 Å². The fourth-order valence-corrected chi connectivity index (χ4v) is 3.83. The molecule has 0 aliphatic rings. The van der Waals surface area contributed by atoms with Gasteiger partial charge in [0.05, 0.1) is 21.4 Å². The van der Waals surface area contributed by atoms with Crippen LogP contribution in [-0.2, 0) is 11.3 Å². The Morgan fingerprint density at radius 2 is 2.06 bits per heavy atom. The predicted octanol–water partition coefficient (Wildman–Crippen LogP) is 5.01. The van der Waals surface area contributed by atoms with Gasteiger partial charge in [-0.25, -0.2) is 8.78 Å². The van der Waals surface area contributed by atoms with Gasteiger partial charge in [0.15, 0.2) is 28.7 Å². The number of hydrogen-bond acceptors (Lipinski definition) is 7. The van der Waals surface area contributed by atoms with E-state index in [1.807, 2.05) is 6.92 Å². The molecule has 0 saturated carbocycles. The molecule has 0 bridgehead atoms. The van der Waals surface area contributed by atoms with Crippen LogP contribution in [0.3, 0.4) is 0 Å². The Morgan fingerprint density at radius 3 is 2.73 bits per heavy atom. The van der Waals surface area contributed by atoms with Crippen LogP contribution in [0.15, 0.2) is 41.6 Å². The van der Waals surface area contributed by atoms with Gasteiger partial charge in [0.1, 0.15) is 5.82 Å². The van der Waals surface area contributed by atoms with Crippen LogP contribution in [0.25, 0.3) is 0 Å². The number of ether oxygens (including phenoxy) is 1. The zero-order valence-corrected chi connectivity index (χ0v) is 19.0. The van der Waals surface area contributed by atoms with Gasteiger partial charge in [0, 0.05) is 24.7 Å². The third kappa shape index (κ3) is 5.96. The molecule has 1 N–H and O–H groups in total. The lowest BCUT2D eigenvalue weighted by Gasteiger charge is -2.16. The Balaban J connectivity index is 1.67. The molecule has 1 aromatic heterocycles. The first-order chi connectivity index (χ1) is 15.7. The molecule has 0 radical (unpaired) electrons. The summed E-state index contributed by atoms with van der Waals surface area (Å²) in [6.07, 6.45) is -0.704. The number of rotatable bonds is 9. The second-order valence-corrected chi connectivity index (χ2v) is 8.03. The number of hydrogen-bond donors (Lipinski definition) is 1. The molecule has 1 unspecified atom stereocenters. The molecule has 1 atom stereocenters. The Kier molecular flexibility index (Phi) is 7.82. The van der Waals surface area contributed by atoms with Crippen LogP contribution >= 0.6 is 23.4 Å². The predicted molar refractivity (Wildman–Crippen MR) is 119 cm³/mol. The Morgan fingerprint density at radius 1 is 1.30 bits per heavy atom. The van der Waals surface area contributed by atoms with Gasteiger partial charge in [0.2, 0.25) is 5.91 Å². The van der Waals surface area contributed by atoms with Crippen LogP contribution in [0, 0.1) is 21.7 Å². The zero-order chi connectivity index (χ0) is 24.1. The summed E-state index contributed by atoms with van der Waals surface area (Å²) in [7, 11) is 0. The summed E-state index contributed by atoms with van der Waals surface area (Å²) < 4.78 is 34.3. The molecule has 1 heterocycles. The number of halogens is 3. The molecule has 0 spiro atoms. The maximum absolute atomic E-state index is 13.9. The first-order valence-corrected chi connectivity index (χ1v) is 11.0. The second kappa shape index (κ2) is 10.6. The van der Waals surface area contributed by atoms with E-state index in [0.29, 0.717) is 17.5 Å². The molecular weight excluding hydrogens is 480 g/mol. The third-order valence-electron chi connectivity index (χ3n) is 4.39. The van der Waals surface area contributed by atoms with Crippen molar-refractivity contribution in [3.63, 3.8) is 0 Å². The number of benzene rings is 2. The Bertz CT molecular complexity index is 1190. The summed E-state index contributed by atoms with van der Waals surface area (Å²) in [6.45, 7) is 3.93. The summed E-state index contributed by atoms with van der Waals surface area (Å²) >= 11 is 7.09. The summed E-state index contributed by atoms with van der Waals surface area (Å²) in [6, 6.07) is 6.73. The van der Waals surface area contributed by atoms with Crippen molar-refractivity contribution in [2.75, 3.05) is 11.1 Å². The number of amides is 1. The Labute approximate surface area is 196 Å². The van der Waals surface area contributed by atoms with E-state index in [-0.39, 0.29) is 27.9 Å². The molecule has 2 aromatic carbocycles. The molecule has 13 heteroatoms. The van der Waals surface area contributed by atoms with Gasteiger partial charge in [-0.1, -0.05) is 23.4 Å². The van der Waals surface area contributed by atoms with Crippen LogP contribution in [0.4, 0.5) is 20.2 Å². The van der Waals surface area contributed by atoms with E-state index < -0.39 is 28.6 Å². The fraction of sp³-hybridized carbons (Fsp3) is 0.250. The lowest BCUT2D eigenvalue weighted by Crippen LogP contribution is -2.16. The summed E-state index contributed by atoms with van der Waals surface area (Å²) in [5, 5.41) is 22.2. The van der Waals surface area contributed by atoms with Gasteiger partial charge in [0.25, 0.3) is 5.69 Å². The quantitative estimate of drug-likeness (QED) is 0.251. The molecule has 0 aliphatic carbocycles. The van der Waals surface area contributed by atoms with Crippen LogP contribution in [0.2, 0.25) is 5.02 Å². The van der Waals surface area contributed by atoms with E-state index in [9.17, 15) is 23.7 Å². The highest BCUT2D eigenvalue weighted by atomic mass is 35.5. The lowest BCUT2D eigenvalue weighted by molar-refractivity contribution is -0.384. The number of nitro benzene ring substituents is 1. The highest BCUT2D eigenvalue weighted by molar-refractivity contribution is 7.99. The number of carbonyl (C=O) groups excluding carboxylic acids is 1. The molecule has 33 heavy (non-hydrogen) atoms. The lowest BCUT2D eigenvalue weighted by atomic mass is 10.3. The second-order valence-electron chi connectivity index (χ2n) is 6.68. The number of nitrogens with one attached hydrogen (secondary N) is 1. The van der Waals surface area contributed by atoms with E-state index in [2.05, 4.69) is 15.5 Å². The average Bonchev–Trinajstić information content (AvgIpc) is 3.18. The van der Waals surface area contributed by atoms with Crippen molar-refractivity contribution in [1.29, 1.82) is 0 Å². The van der Waals surface area contributed by atoms with Gasteiger partial charge in [-0.05, 0) is 32.0 Å². The van der Waals surface area contributed by atoms with Crippen molar-refractivity contribution in [1.82, 2.24) is 14.8 Å². The van der Waals surface area contributed by atoms with Crippen LogP contribution in [0.1, 0.15) is 25.8 Å². The van der Waals surface area contributed by atoms with Crippen LogP contribution < -0.4 is 10.1 Å². The van der Waals surface area contributed by atoms with E-state index in [4.69, 9.17) is 16.3 Å². The maximum Gasteiger partial charge on any atom is 0.271 e. The monoisotopic (exact) mass is 497 g/mol. The number of thioether (sulfide) groups is 1. The zero-order valence-electron chi connectivity index (χ0n) is 17.4. The molecule has 9 nitrogen and oxygen atoms in total. The van der Waals surface area contributed by atoms with Crippen LogP contribution in [0.5, 0.6) is 5.75 Å². The van der Waals surface area contributed by atoms with Crippen molar-refractivity contribution in [2.24, 2.45) is 0 Å². The van der Waals surface area contributed by atoms with E-state index in [1.165, 1.54) is 24.3 Å². The molecule has 0 saturated heterocycles. The van der Waals surface area contributed by atoms with Crippen molar-refractivity contribution in [3.05, 3.63) is 69.0 Å². The molecule has 0 fully saturated rings. The largest absolute Gasteiger partial charge is 0.480 e. The normalized spacial score (nSPS) is 11.8. The minimum Gasteiger partial charge on any atom is -0.480 e. The van der Waals surface area contributed by atoms with Gasteiger partial charge in [-0.2, -0.15) is 0 Å². The fourth-order valence-electron chi connectivity index (χ4n) is 2.86. The van der Waals surface area contributed by atoms with Gasteiger partial charge in [-0.3, -0.25) is 14.9 Å². The summed E-state index contributed by atoms with van der Waals surface area (Å²) in [4.78, 5) is 22.7. The van der Waals surface area contributed by atoms with Gasteiger partial charge >= 0.3 is 0 Å². The topological polar surface area (TPSA) is 112 Å². The smallest absolute Gasteiger partial charge is 0.271 e. The SMILES string of the molecule is CCn1c(SCC(=O)Nc2cc([N+](=O)[O-])ccc2Cl)nnc1C(C)Oc1ccc(F)cc1F. The molecule has 3 aromatic rings. The first kappa shape index (κ1) is 24.4. The van der Waals surface area contributed by atoms with Gasteiger partial charge < -0.3 is 14.6 Å². The minimum atomic E-state index is -0.838. The number of nitrogens with zero attached hydrogens (tertiary/aromatic N) is 4. The number of carbonyl (C=O) groups is 1. The maximum atomic E-state index is 13.9. The molecule has 174 valence electrons. The van der Waals surface area contributed by atoms with Crippen LogP contribution in [-0.4, -0.2) is 31.3 Å². The number of anilines is 1. The summed E-state index contributed by atoms with van der Waals surface area (Å²) in [5.74, 6) is -1.81. The van der Waals surface area contributed by atoms with Crippen molar-refractivity contribution < 1.29 is 23.2 Å². The van der Waals surface area contributed by atoms with Crippen molar-refractivity contribution in [3.8, 4) is 5.75 Å². The minimum absolute atomic E-state index is 0.0705. The van der Waals surface area contributed by atoms with Gasteiger partial charge in [-0.15, -0.1) is 10.2 Å².